The Balaban J connectivity index is 1.76. The Morgan fingerprint density at radius 3 is 2.40 bits per heavy atom. The maximum atomic E-state index is 12.7. The minimum absolute atomic E-state index is 0.176. The fraction of sp³-hybridized carbons (Fsp3) is 0.0952. The average molecular weight is 349 g/mol. The van der Waals surface area contributed by atoms with E-state index in [0.717, 1.165) is 16.1 Å². The summed E-state index contributed by atoms with van der Waals surface area (Å²) in [7, 11) is 0. The van der Waals surface area contributed by atoms with Gasteiger partial charge in [-0.2, -0.15) is 0 Å². The highest BCUT2D eigenvalue weighted by molar-refractivity contribution is 7.98. The number of carbonyl (C=O) groups excluding carboxylic acids is 1. The van der Waals surface area contributed by atoms with E-state index < -0.39 is 0 Å². The number of hydrogen-bond acceptors (Lipinski definition) is 3. The molecule has 0 aliphatic rings. The first-order valence-electron chi connectivity index (χ1n) is 7.98. The highest BCUT2D eigenvalue weighted by Gasteiger charge is 2.13. The topological polar surface area (TPSA) is 38.3 Å². The van der Waals surface area contributed by atoms with Crippen LogP contribution in [0.5, 0.6) is 5.75 Å². The number of carbonyl (C=O) groups is 1. The summed E-state index contributed by atoms with van der Waals surface area (Å²) in [5, 5.41) is 2.98. The second-order valence-electron chi connectivity index (χ2n) is 5.42. The number of ether oxygens (including phenoxy) is 1. The van der Waals surface area contributed by atoms with Crippen molar-refractivity contribution in [3.8, 4) is 5.75 Å². The SMILES string of the molecule is CSc1ccccc1NC(=O)c1ccccc1OCc1ccccc1. The Hall–Kier alpha value is -2.72. The molecule has 126 valence electrons. The number of rotatable bonds is 6. The third-order valence-corrected chi connectivity index (χ3v) is 4.52. The van der Waals surface area contributed by atoms with Crippen molar-refractivity contribution in [3.05, 3.63) is 90.0 Å². The summed E-state index contributed by atoms with van der Waals surface area (Å²) in [6, 6.07) is 24.9. The van der Waals surface area contributed by atoms with Crippen LogP contribution < -0.4 is 10.1 Å². The fourth-order valence-electron chi connectivity index (χ4n) is 2.45. The second-order valence-corrected chi connectivity index (χ2v) is 6.27. The van der Waals surface area contributed by atoms with Crippen molar-refractivity contribution in [2.24, 2.45) is 0 Å². The predicted molar refractivity (Wildman–Crippen MR) is 103 cm³/mol. The summed E-state index contributed by atoms with van der Waals surface area (Å²) in [4.78, 5) is 13.7. The van der Waals surface area contributed by atoms with Crippen molar-refractivity contribution in [2.75, 3.05) is 11.6 Å². The monoisotopic (exact) mass is 349 g/mol. The third kappa shape index (κ3) is 4.43. The number of hydrogen-bond donors (Lipinski definition) is 1. The van der Waals surface area contributed by atoms with Gasteiger partial charge >= 0.3 is 0 Å². The van der Waals surface area contributed by atoms with Gasteiger partial charge < -0.3 is 10.1 Å². The summed E-state index contributed by atoms with van der Waals surface area (Å²) in [5.41, 5.74) is 2.39. The van der Waals surface area contributed by atoms with Gasteiger partial charge in [-0.3, -0.25) is 4.79 Å². The van der Waals surface area contributed by atoms with Crippen LogP contribution in [0.1, 0.15) is 15.9 Å². The van der Waals surface area contributed by atoms with Crippen LogP contribution in [0, 0.1) is 0 Å². The predicted octanol–water partition coefficient (Wildman–Crippen LogP) is 5.24. The summed E-state index contributed by atoms with van der Waals surface area (Å²) >= 11 is 1.60. The maximum Gasteiger partial charge on any atom is 0.259 e. The molecule has 0 saturated heterocycles. The summed E-state index contributed by atoms with van der Waals surface area (Å²) in [6.07, 6.45) is 1.99. The molecule has 0 aliphatic heterocycles. The minimum Gasteiger partial charge on any atom is -0.488 e. The van der Waals surface area contributed by atoms with E-state index >= 15 is 0 Å². The Morgan fingerprint density at radius 2 is 1.60 bits per heavy atom. The number of anilines is 1. The van der Waals surface area contributed by atoms with Gasteiger partial charge in [0, 0.05) is 4.90 Å². The largest absolute Gasteiger partial charge is 0.488 e. The molecule has 0 aromatic heterocycles. The molecular formula is C21H19NO2S. The molecule has 3 nitrogen and oxygen atoms in total. The van der Waals surface area contributed by atoms with Crippen LogP contribution in [0.25, 0.3) is 0 Å². The van der Waals surface area contributed by atoms with Gasteiger partial charge in [0.2, 0.25) is 0 Å². The van der Waals surface area contributed by atoms with Gasteiger partial charge in [-0.05, 0) is 36.1 Å². The molecule has 0 saturated carbocycles. The summed E-state index contributed by atoms with van der Waals surface area (Å²) in [5.74, 6) is 0.399. The standard InChI is InChI=1S/C21H19NO2S/c1-25-20-14-8-6-12-18(20)22-21(23)17-11-5-7-13-19(17)24-15-16-9-3-2-4-10-16/h2-14H,15H2,1H3,(H,22,23). The Kier molecular flexibility index (Phi) is 5.75. The molecule has 25 heavy (non-hydrogen) atoms. The fourth-order valence-corrected chi connectivity index (χ4v) is 3.01. The molecule has 0 spiro atoms. The minimum atomic E-state index is -0.176. The first-order chi connectivity index (χ1) is 12.3. The van der Waals surface area contributed by atoms with Gasteiger partial charge in [-0.1, -0.05) is 54.6 Å². The number of para-hydroxylation sites is 2. The van der Waals surface area contributed by atoms with Gasteiger partial charge in [0.25, 0.3) is 5.91 Å². The van der Waals surface area contributed by atoms with Gasteiger partial charge in [-0.15, -0.1) is 11.8 Å². The smallest absolute Gasteiger partial charge is 0.259 e. The van der Waals surface area contributed by atoms with E-state index in [4.69, 9.17) is 4.74 Å². The quantitative estimate of drug-likeness (QED) is 0.619. The van der Waals surface area contributed by atoms with Crippen molar-refractivity contribution in [1.82, 2.24) is 0 Å². The van der Waals surface area contributed by atoms with Crippen molar-refractivity contribution < 1.29 is 9.53 Å². The first kappa shape index (κ1) is 17.1. The highest BCUT2D eigenvalue weighted by atomic mass is 32.2. The van der Waals surface area contributed by atoms with Crippen LogP contribution in [-0.2, 0) is 6.61 Å². The number of nitrogens with one attached hydrogen (secondary N) is 1. The van der Waals surface area contributed by atoms with Crippen molar-refractivity contribution >= 4 is 23.4 Å². The molecule has 3 aromatic carbocycles. The van der Waals surface area contributed by atoms with Crippen molar-refractivity contribution in [3.63, 3.8) is 0 Å². The van der Waals surface area contributed by atoms with Crippen LogP contribution in [0.15, 0.2) is 83.8 Å². The molecule has 1 N–H and O–H groups in total. The maximum absolute atomic E-state index is 12.7. The molecule has 0 heterocycles. The van der Waals surface area contributed by atoms with E-state index in [9.17, 15) is 4.79 Å². The van der Waals surface area contributed by atoms with Gasteiger partial charge in [0.15, 0.2) is 0 Å². The zero-order chi connectivity index (χ0) is 17.5. The Bertz CT molecular complexity index is 849. The average Bonchev–Trinajstić information content (AvgIpc) is 2.68. The Morgan fingerprint density at radius 1 is 0.920 bits per heavy atom. The van der Waals surface area contributed by atoms with E-state index in [0.29, 0.717) is 17.9 Å². The van der Waals surface area contributed by atoms with E-state index in [-0.39, 0.29) is 5.91 Å². The lowest BCUT2D eigenvalue weighted by Crippen LogP contribution is -2.14. The summed E-state index contributed by atoms with van der Waals surface area (Å²) in [6.45, 7) is 0.423. The first-order valence-corrected chi connectivity index (χ1v) is 9.20. The molecule has 0 unspecified atom stereocenters. The normalized spacial score (nSPS) is 10.3. The molecular weight excluding hydrogens is 330 g/mol. The lowest BCUT2D eigenvalue weighted by Gasteiger charge is -2.13. The molecule has 0 atom stereocenters. The van der Waals surface area contributed by atoms with Gasteiger partial charge in [0.1, 0.15) is 12.4 Å². The van der Waals surface area contributed by atoms with Gasteiger partial charge in [-0.25, -0.2) is 0 Å². The highest BCUT2D eigenvalue weighted by Crippen LogP contribution is 2.26. The van der Waals surface area contributed by atoms with Crippen LogP contribution in [0.3, 0.4) is 0 Å². The molecule has 0 aliphatic carbocycles. The van der Waals surface area contributed by atoms with E-state index in [1.807, 2.05) is 79.1 Å². The molecule has 0 bridgehead atoms. The molecule has 3 aromatic rings. The van der Waals surface area contributed by atoms with Crippen molar-refractivity contribution in [2.45, 2.75) is 11.5 Å². The molecule has 1 amide bonds. The number of amides is 1. The third-order valence-electron chi connectivity index (χ3n) is 3.72. The molecule has 0 fully saturated rings. The van der Waals surface area contributed by atoms with Crippen LogP contribution in [-0.4, -0.2) is 12.2 Å². The lowest BCUT2D eigenvalue weighted by atomic mass is 10.1. The number of thioether (sulfide) groups is 1. The van der Waals surface area contributed by atoms with Crippen LogP contribution in [0.4, 0.5) is 5.69 Å². The van der Waals surface area contributed by atoms with E-state index in [1.165, 1.54) is 0 Å². The summed E-state index contributed by atoms with van der Waals surface area (Å²) < 4.78 is 5.87. The van der Waals surface area contributed by atoms with Crippen LogP contribution in [0.2, 0.25) is 0 Å². The van der Waals surface area contributed by atoms with Crippen LogP contribution >= 0.6 is 11.8 Å². The molecule has 3 rings (SSSR count). The van der Waals surface area contributed by atoms with Gasteiger partial charge in [0.05, 0.1) is 11.3 Å². The Labute approximate surface area is 152 Å². The van der Waals surface area contributed by atoms with E-state index in [1.54, 1.807) is 17.8 Å². The van der Waals surface area contributed by atoms with E-state index in [2.05, 4.69) is 5.32 Å². The molecule has 0 radical (unpaired) electrons. The zero-order valence-electron chi connectivity index (χ0n) is 13.9. The number of benzene rings is 3. The van der Waals surface area contributed by atoms with Crippen molar-refractivity contribution in [1.29, 1.82) is 0 Å². The zero-order valence-corrected chi connectivity index (χ0v) is 14.8. The lowest BCUT2D eigenvalue weighted by molar-refractivity contribution is 0.102. The second kappa shape index (κ2) is 8.40. The molecule has 4 heteroatoms.